The van der Waals surface area contributed by atoms with Crippen LogP contribution in [0.2, 0.25) is 0 Å². The minimum absolute atomic E-state index is 0.0102. The van der Waals surface area contributed by atoms with Crippen LogP contribution in [0.15, 0.2) is 121 Å². The second-order valence-corrected chi connectivity index (χ2v) is 22.5. The highest BCUT2D eigenvalue weighted by molar-refractivity contribution is 6.26. The topological polar surface area (TPSA) is 0 Å². The van der Waals surface area contributed by atoms with Crippen LogP contribution in [0.4, 0.5) is 0 Å². The first-order valence-corrected chi connectivity index (χ1v) is 22.5. The summed E-state index contributed by atoms with van der Waals surface area (Å²) in [6.45, 7) is 30.9. The number of hydrogen-bond acceptors (Lipinski definition) is 0. The fourth-order valence-corrected chi connectivity index (χ4v) is 11.0. The summed E-state index contributed by atoms with van der Waals surface area (Å²) in [6, 6.07) is 41.2. The molecule has 0 unspecified atom stereocenters. The van der Waals surface area contributed by atoms with E-state index in [9.17, 15) is 0 Å². The molecule has 0 heteroatoms. The molecule has 0 aliphatic heterocycles. The molecule has 302 valence electrons. The maximum atomic E-state index is 2.52. The van der Waals surface area contributed by atoms with Crippen LogP contribution in [0.1, 0.15) is 142 Å². The van der Waals surface area contributed by atoms with E-state index >= 15 is 0 Å². The predicted octanol–water partition coefficient (Wildman–Crippen LogP) is 17.1. The average molecular weight is 783 g/mol. The van der Waals surface area contributed by atoms with Crippen LogP contribution in [0, 0.1) is 0 Å². The molecule has 0 amide bonds. The molecule has 0 N–H and O–H groups in total. The monoisotopic (exact) mass is 782 g/mol. The summed E-state index contributed by atoms with van der Waals surface area (Å²) in [5, 5.41) is 7.90. The molecule has 3 aliphatic rings. The molecule has 0 radical (unpaired) electrons. The summed E-state index contributed by atoms with van der Waals surface area (Å²) in [5.74, 6) is 0. The average Bonchev–Trinajstić information content (AvgIpc) is 3.58. The first kappa shape index (κ1) is 39.0. The van der Waals surface area contributed by atoms with Crippen molar-refractivity contribution in [1.82, 2.24) is 0 Å². The maximum absolute atomic E-state index is 2.52. The molecule has 0 aromatic heterocycles. The van der Waals surface area contributed by atoms with Crippen LogP contribution in [0.3, 0.4) is 0 Å². The van der Waals surface area contributed by atoms with Gasteiger partial charge >= 0.3 is 0 Å². The second kappa shape index (κ2) is 12.7. The number of fused-ring (bicyclic) bond motifs is 12. The zero-order valence-corrected chi connectivity index (χ0v) is 38.4. The molecule has 60 heavy (non-hydrogen) atoms. The van der Waals surface area contributed by atoms with Gasteiger partial charge in [0.2, 0.25) is 0 Å². The van der Waals surface area contributed by atoms with Crippen LogP contribution < -0.4 is 0 Å². The van der Waals surface area contributed by atoms with Crippen molar-refractivity contribution in [3.8, 4) is 33.4 Å². The Morgan fingerprint density at radius 3 is 1.38 bits per heavy atom. The minimum Gasteiger partial charge on any atom is -0.0795 e. The van der Waals surface area contributed by atoms with Crippen molar-refractivity contribution in [2.75, 3.05) is 0 Å². The third-order valence-electron chi connectivity index (χ3n) is 14.7. The molecule has 0 heterocycles. The maximum Gasteiger partial charge on any atom is 0.0159 e. The first-order valence-electron chi connectivity index (χ1n) is 22.5. The number of allylic oxidation sites excluding steroid dienone is 4. The first-order chi connectivity index (χ1) is 28.2. The van der Waals surface area contributed by atoms with Gasteiger partial charge in [0.05, 0.1) is 0 Å². The molecular formula is C60H62. The molecule has 0 atom stereocenters. The summed E-state index contributed by atoms with van der Waals surface area (Å²) in [4.78, 5) is 0. The van der Waals surface area contributed by atoms with E-state index < -0.39 is 0 Å². The lowest BCUT2D eigenvalue weighted by atomic mass is 9.76. The van der Waals surface area contributed by atoms with Crippen molar-refractivity contribution in [3.63, 3.8) is 0 Å². The van der Waals surface area contributed by atoms with Crippen molar-refractivity contribution in [2.24, 2.45) is 0 Å². The van der Waals surface area contributed by atoms with E-state index in [2.05, 4.69) is 205 Å². The Bertz CT molecular complexity index is 3040. The summed E-state index contributed by atoms with van der Waals surface area (Å²) < 4.78 is 0. The van der Waals surface area contributed by atoms with Gasteiger partial charge in [-0.25, -0.2) is 0 Å². The molecule has 0 fully saturated rings. The molecular weight excluding hydrogens is 721 g/mol. The lowest BCUT2D eigenvalue weighted by Crippen LogP contribution is -2.19. The highest BCUT2D eigenvalue weighted by Gasteiger charge is 2.42. The minimum atomic E-state index is -0.104. The Kier molecular flexibility index (Phi) is 8.23. The Morgan fingerprint density at radius 2 is 0.850 bits per heavy atom. The zero-order valence-electron chi connectivity index (χ0n) is 38.4. The van der Waals surface area contributed by atoms with Gasteiger partial charge in [0.25, 0.3) is 0 Å². The molecule has 3 aliphatic carbocycles. The zero-order chi connectivity index (χ0) is 42.5. The van der Waals surface area contributed by atoms with Crippen LogP contribution in [0.5, 0.6) is 0 Å². The van der Waals surface area contributed by atoms with Gasteiger partial charge in [-0.1, -0.05) is 181 Å². The van der Waals surface area contributed by atoms with Crippen molar-refractivity contribution in [2.45, 2.75) is 130 Å². The van der Waals surface area contributed by atoms with Gasteiger partial charge in [-0.2, -0.15) is 0 Å². The second-order valence-electron chi connectivity index (χ2n) is 22.5. The quantitative estimate of drug-likeness (QED) is 0.153. The Balaban J connectivity index is 1.21. The van der Waals surface area contributed by atoms with Crippen LogP contribution in [0.25, 0.3) is 71.3 Å². The van der Waals surface area contributed by atoms with E-state index in [-0.39, 0.29) is 27.1 Å². The van der Waals surface area contributed by atoms with Gasteiger partial charge in [-0.05, 0) is 169 Å². The molecule has 0 saturated heterocycles. The smallest absolute Gasteiger partial charge is 0.0159 e. The van der Waals surface area contributed by atoms with Gasteiger partial charge in [0.1, 0.15) is 0 Å². The van der Waals surface area contributed by atoms with Crippen molar-refractivity contribution in [1.29, 1.82) is 0 Å². The number of hydrogen-bond donors (Lipinski definition) is 0. The molecule has 7 aromatic carbocycles. The Labute approximate surface area is 359 Å². The molecule has 0 nitrogen and oxygen atoms in total. The van der Waals surface area contributed by atoms with Gasteiger partial charge in [0.15, 0.2) is 0 Å². The molecule has 7 aromatic rings. The predicted molar refractivity (Wildman–Crippen MR) is 262 cm³/mol. The lowest BCUT2D eigenvalue weighted by Gasteiger charge is -2.27. The summed E-state index contributed by atoms with van der Waals surface area (Å²) in [5.41, 5.74) is 21.1. The lowest BCUT2D eigenvalue weighted by molar-refractivity contribution is 0.580. The van der Waals surface area contributed by atoms with E-state index in [1.807, 2.05) is 0 Å². The van der Waals surface area contributed by atoms with Crippen LogP contribution >= 0.6 is 0 Å². The van der Waals surface area contributed by atoms with E-state index in [0.717, 1.165) is 12.8 Å². The summed E-state index contributed by atoms with van der Waals surface area (Å²) >= 11 is 0. The SMILES string of the molecule is CC(C)(C)c1cc(-c2ccc3c4ccc(-c5cc(C(C)(C)C)cc6c5-c5ccc(C(C)(C)C)cc5C6(C)C)cc4c4ccccc4c3c2)c2c(c1)C(C)(C)C1=CCCC=C12. The molecule has 10 rings (SSSR count). The van der Waals surface area contributed by atoms with Gasteiger partial charge < -0.3 is 0 Å². The number of benzene rings is 7. The fraction of sp³-hybridized carbons (Fsp3) is 0.333. The van der Waals surface area contributed by atoms with Crippen LogP contribution in [-0.2, 0) is 27.1 Å². The summed E-state index contributed by atoms with van der Waals surface area (Å²) in [7, 11) is 0. The fourth-order valence-electron chi connectivity index (χ4n) is 11.0. The molecule has 0 spiro atoms. The highest BCUT2D eigenvalue weighted by Crippen LogP contribution is 2.57. The summed E-state index contributed by atoms with van der Waals surface area (Å²) in [6.07, 6.45) is 7.26. The van der Waals surface area contributed by atoms with E-state index in [1.54, 1.807) is 0 Å². The Morgan fingerprint density at radius 1 is 0.383 bits per heavy atom. The largest absolute Gasteiger partial charge is 0.0795 e. The van der Waals surface area contributed by atoms with Gasteiger partial charge in [-0.3, -0.25) is 0 Å². The normalized spacial score (nSPS) is 16.8. The Hall–Kier alpha value is -5.20. The van der Waals surface area contributed by atoms with Crippen molar-refractivity contribution in [3.05, 3.63) is 160 Å². The van der Waals surface area contributed by atoms with E-state index in [1.165, 1.54) is 116 Å². The number of rotatable bonds is 2. The van der Waals surface area contributed by atoms with Crippen LogP contribution in [-0.4, -0.2) is 0 Å². The van der Waals surface area contributed by atoms with Gasteiger partial charge in [0, 0.05) is 10.8 Å². The molecule has 0 bridgehead atoms. The van der Waals surface area contributed by atoms with Crippen molar-refractivity contribution < 1.29 is 0 Å². The van der Waals surface area contributed by atoms with Gasteiger partial charge in [-0.15, -0.1) is 0 Å². The highest BCUT2D eigenvalue weighted by atomic mass is 14.4. The third-order valence-corrected chi connectivity index (χ3v) is 14.7. The standard InChI is InChI=1S/C60H62/c1-56(2,3)37-24-27-45-51(32-37)60(12,13)53-34-39(58(7,8)9)31-47(55(45)53)36-23-26-43-42-25-22-35(28-48(42)40-18-14-15-19-41(40)49(43)29-36)46-30-38(57(4,5)6)33-52-54(46)44-20-16-17-21-50(44)59(52,10)11/h14-15,18-34H,16-17H2,1-13H3. The van der Waals surface area contributed by atoms with E-state index in [4.69, 9.17) is 0 Å². The third kappa shape index (κ3) is 5.69. The molecule has 0 saturated carbocycles. The van der Waals surface area contributed by atoms with E-state index in [0.29, 0.717) is 0 Å². The van der Waals surface area contributed by atoms with Crippen molar-refractivity contribution >= 4 is 37.9 Å².